The highest BCUT2D eigenvalue weighted by Gasteiger charge is 2.34. The van der Waals surface area contributed by atoms with Gasteiger partial charge in [-0.15, -0.1) is 0 Å². The highest BCUT2D eigenvalue weighted by atomic mass is 32.2. The van der Waals surface area contributed by atoms with Crippen LogP contribution in [-0.2, 0) is 22.7 Å². The molecule has 8 nitrogen and oxygen atoms in total. The fraction of sp³-hybridized carbons (Fsp3) is 0.421. The smallest absolute Gasteiger partial charge is 0.276 e. The van der Waals surface area contributed by atoms with E-state index < -0.39 is 15.7 Å². The number of carbonyl (C=O) groups excluding carboxylic acids is 2. The van der Waals surface area contributed by atoms with E-state index in [1.54, 1.807) is 28.9 Å². The molecule has 0 bridgehead atoms. The number of aromatic nitrogens is 2. The van der Waals surface area contributed by atoms with Crippen molar-refractivity contribution in [1.29, 1.82) is 0 Å². The Bertz CT molecular complexity index is 1040. The molecular formula is C19H22N4O4S. The summed E-state index contributed by atoms with van der Waals surface area (Å²) in [5.41, 5.74) is 8.40. The molecule has 1 aliphatic heterocycles. The Hall–Kier alpha value is -2.68. The molecule has 9 heteroatoms. The van der Waals surface area contributed by atoms with Gasteiger partial charge in [0, 0.05) is 22.5 Å². The second-order valence-electron chi connectivity index (χ2n) is 7.38. The number of nitrogens with one attached hydrogen (secondary N) is 1. The lowest BCUT2D eigenvalue weighted by atomic mass is 9.95. The van der Waals surface area contributed by atoms with Crippen LogP contribution in [0.5, 0.6) is 0 Å². The van der Waals surface area contributed by atoms with Crippen molar-refractivity contribution in [3.63, 3.8) is 0 Å². The number of nitrogens with zero attached hydrogens (tertiary/aromatic N) is 2. The van der Waals surface area contributed by atoms with Gasteiger partial charge in [-0.2, -0.15) is 5.10 Å². The summed E-state index contributed by atoms with van der Waals surface area (Å²) in [6, 6.07) is 6.13. The number of benzene rings is 1. The predicted molar refractivity (Wildman–Crippen MR) is 104 cm³/mol. The van der Waals surface area contributed by atoms with Crippen molar-refractivity contribution in [3.05, 3.63) is 46.8 Å². The standard InChI is InChI=1S/C19H22N4O4S/c20-18(24)12-5-7-13(8-6-12)21-19(25)17-15-3-1-2-4-16(15)23(22-17)14-9-10-28(26,27)11-14/h5-8,14H,1-4,9-11H2,(H2,20,24)(H,21,25)/t14-/m1/s1. The van der Waals surface area contributed by atoms with Crippen LogP contribution in [0.15, 0.2) is 24.3 Å². The Kier molecular flexibility index (Phi) is 4.70. The number of primary amides is 1. The van der Waals surface area contributed by atoms with Gasteiger partial charge >= 0.3 is 0 Å². The normalized spacial score (nSPS) is 20.5. The van der Waals surface area contributed by atoms with Gasteiger partial charge in [-0.3, -0.25) is 14.3 Å². The first-order valence-electron chi connectivity index (χ1n) is 9.36. The van der Waals surface area contributed by atoms with E-state index in [1.165, 1.54) is 0 Å². The molecule has 2 heterocycles. The molecule has 2 aliphatic rings. The van der Waals surface area contributed by atoms with E-state index in [-0.39, 0.29) is 23.5 Å². The number of carbonyl (C=O) groups is 2. The van der Waals surface area contributed by atoms with Crippen LogP contribution in [0.2, 0.25) is 0 Å². The van der Waals surface area contributed by atoms with Gasteiger partial charge in [0.05, 0.1) is 17.5 Å². The van der Waals surface area contributed by atoms with Crippen LogP contribution in [0, 0.1) is 0 Å². The molecular weight excluding hydrogens is 380 g/mol. The van der Waals surface area contributed by atoms with Gasteiger partial charge in [0.2, 0.25) is 5.91 Å². The third kappa shape index (κ3) is 3.54. The van der Waals surface area contributed by atoms with Crippen molar-refractivity contribution in [2.75, 3.05) is 16.8 Å². The number of amides is 2. The predicted octanol–water partition coefficient (Wildman–Crippen LogP) is 1.47. The molecule has 2 amide bonds. The molecule has 0 saturated carbocycles. The number of rotatable bonds is 4. The monoisotopic (exact) mass is 402 g/mol. The summed E-state index contributed by atoms with van der Waals surface area (Å²) in [6.45, 7) is 0. The van der Waals surface area contributed by atoms with Crippen LogP contribution < -0.4 is 11.1 Å². The number of hydrogen-bond donors (Lipinski definition) is 2. The second-order valence-corrected chi connectivity index (χ2v) is 9.61. The third-order valence-corrected chi connectivity index (χ3v) is 7.16. The largest absolute Gasteiger partial charge is 0.366 e. The van der Waals surface area contributed by atoms with Crippen LogP contribution in [0.3, 0.4) is 0 Å². The molecule has 0 radical (unpaired) electrons. The fourth-order valence-corrected chi connectivity index (χ4v) is 5.68. The molecule has 1 atom stereocenters. The van der Waals surface area contributed by atoms with Gasteiger partial charge in [-0.25, -0.2) is 8.42 Å². The summed E-state index contributed by atoms with van der Waals surface area (Å²) in [5.74, 6) is -0.613. The van der Waals surface area contributed by atoms with Gasteiger partial charge < -0.3 is 11.1 Å². The lowest BCUT2D eigenvalue weighted by Crippen LogP contribution is -2.17. The van der Waals surface area contributed by atoms with Gasteiger partial charge in [0.1, 0.15) is 0 Å². The maximum Gasteiger partial charge on any atom is 0.276 e. The van der Waals surface area contributed by atoms with E-state index in [1.807, 2.05) is 0 Å². The summed E-state index contributed by atoms with van der Waals surface area (Å²) in [5, 5.41) is 7.36. The van der Waals surface area contributed by atoms with Gasteiger partial charge in [-0.1, -0.05) is 0 Å². The molecule has 0 spiro atoms. The first kappa shape index (κ1) is 18.7. The quantitative estimate of drug-likeness (QED) is 0.801. The van der Waals surface area contributed by atoms with Crippen LogP contribution >= 0.6 is 0 Å². The van der Waals surface area contributed by atoms with E-state index >= 15 is 0 Å². The summed E-state index contributed by atoms with van der Waals surface area (Å²) in [4.78, 5) is 24.0. The molecule has 1 aliphatic carbocycles. The molecule has 1 saturated heterocycles. The van der Waals surface area contributed by atoms with Gasteiger partial charge in [0.25, 0.3) is 5.91 Å². The van der Waals surface area contributed by atoms with Crippen LogP contribution in [0.25, 0.3) is 0 Å². The van der Waals surface area contributed by atoms with Crippen LogP contribution in [0.1, 0.15) is 57.4 Å². The third-order valence-electron chi connectivity index (χ3n) is 5.41. The Morgan fingerprint density at radius 3 is 2.50 bits per heavy atom. The molecule has 148 valence electrons. The average Bonchev–Trinajstić information content (AvgIpc) is 3.22. The van der Waals surface area contributed by atoms with E-state index in [9.17, 15) is 18.0 Å². The van der Waals surface area contributed by atoms with Crippen molar-refractivity contribution in [2.45, 2.75) is 38.1 Å². The van der Waals surface area contributed by atoms with E-state index in [2.05, 4.69) is 10.4 Å². The molecule has 1 fully saturated rings. The van der Waals surface area contributed by atoms with E-state index in [0.29, 0.717) is 23.4 Å². The average molecular weight is 402 g/mol. The molecule has 1 aromatic carbocycles. The maximum absolute atomic E-state index is 12.9. The molecule has 4 rings (SSSR count). The zero-order chi connectivity index (χ0) is 19.9. The maximum atomic E-state index is 12.9. The number of fused-ring (bicyclic) bond motifs is 1. The summed E-state index contributed by atoms with van der Waals surface area (Å²) in [7, 11) is -3.04. The topological polar surface area (TPSA) is 124 Å². The van der Waals surface area contributed by atoms with Crippen molar-refractivity contribution in [2.24, 2.45) is 5.73 Å². The highest BCUT2D eigenvalue weighted by Crippen LogP contribution is 2.31. The van der Waals surface area contributed by atoms with Crippen molar-refractivity contribution in [1.82, 2.24) is 9.78 Å². The Labute approximate surface area is 163 Å². The summed E-state index contributed by atoms with van der Waals surface area (Å²) < 4.78 is 25.6. The minimum absolute atomic E-state index is 0.0801. The van der Waals surface area contributed by atoms with E-state index in [4.69, 9.17) is 5.73 Å². The fourth-order valence-electron chi connectivity index (χ4n) is 3.99. The first-order chi connectivity index (χ1) is 13.3. The molecule has 3 N–H and O–H groups in total. The van der Waals surface area contributed by atoms with Crippen LogP contribution in [0.4, 0.5) is 5.69 Å². The van der Waals surface area contributed by atoms with Crippen molar-refractivity contribution < 1.29 is 18.0 Å². The van der Waals surface area contributed by atoms with E-state index in [0.717, 1.165) is 36.9 Å². The molecule has 28 heavy (non-hydrogen) atoms. The summed E-state index contributed by atoms with van der Waals surface area (Å²) >= 11 is 0. The SMILES string of the molecule is NC(=O)c1ccc(NC(=O)c2nn([C@@H]3CCS(=O)(=O)C3)c3c2CCCC3)cc1. The second kappa shape index (κ2) is 7.05. The summed E-state index contributed by atoms with van der Waals surface area (Å²) in [6.07, 6.45) is 4.09. The van der Waals surface area contributed by atoms with Crippen molar-refractivity contribution >= 4 is 27.3 Å². The Morgan fingerprint density at radius 1 is 1.14 bits per heavy atom. The van der Waals surface area contributed by atoms with Gasteiger partial charge in [0.15, 0.2) is 15.5 Å². The number of anilines is 1. The van der Waals surface area contributed by atoms with Crippen molar-refractivity contribution in [3.8, 4) is 0 Å². The molecule has 2 aromatic rings. The molecule has 1 aromatic heterocycles. The highest BCUT2D eigenvalue weighted by molar-refractivity contribution is 7.91. The lowest BCUT2D eigenvalue weighted by Gasteiger charge is -2.17. The van der Waals surface area contributed by atoms with Crippen LogP contribution in [-0.4, -0.2) is 41.5 Å². The zero-order valence-corrected chi connectivity index (χ0v) is 16.2. The zero-order valence-electron chi connectivity index (χ0n) is 15.3. The number of nitrogens with two attached hydrogens (primary N) is 1. The molecule has 0 unspecified atom stereocenters. The lowest BCUT2D eigenvalue weighted by molar-refractivity contribution is 0.0997. The Balaban J connectivity index is 1.62. The van der Waals surface area contributed by atoms with Gasteiger partial charge in [-0.05, 0) is 56.4 Å². The minimum atomic E-state index is -3.04. The number of hydrogen-bond acceptors (Lipinski definition) is 5. The first-order valence-corrected chi connectivity index (χ1v) is 11.2. The Morgan fingerprint density at radius 2 is 1.86 bits per heavy atom. The number of sulfone groups is 1. The minimum Gasteiger partial charge on any atom is -0.366 e.